The maximum absolute atomic E-state index is 12.9. The van der Waals surface area contributed by atoms with E-state index in [1.807, 2.05) is 31.2 Å². The van der Waals surface area contributed by atoms with Gasteiger partial charge < -0.3 is 15.1 Å². The number of carbonyl (C=O) groups excluding carboxylic acids is 1. The van der Waals surface area contributed by atoms with Crippen LogP contribution in [0.5, 0.6) is 11.5 Å². The van der Waals surface area contributed by atoms with Crippen molar-refractivity contribution in [1.29, 1.82) is 0 Å². The molecule has 0 spiro atoms. The van der Waals surface area contributed by atoms with Gasteiger partial charge in [-0.2, -0.15) is 0 Å². The van der Waals surface area contributed by atoms with Crippen molar-refractivity contribution in [3.63, 3.8) is 0 Å². The lowest BCUT2D eigenvalue weighted by atomic mass is 9.92. The van der Waals surface area contributed by atoms with Gasteiger partial charge in [-0.05, 0) is 43.4 Å². The Bertz CT molecular complexity index is 809. The van der Waals surface area contributed by atoms with E-state index in [1.165, 1.54) is 0 Å². The molecule has 2 aromatic rings. The van der Waals surface area contributed by atoms with Gasteiger partial charge in [0, 0.05) is 13.1 Å². The number of aryl methyl sites for hydroxylation is 2. The number of benzene rings is 2. The Hall–Kier alpha value is -2.49. The van der Waals surface area contributed by atoms with Crippen molar-refractivity contribution in [2.45, 2.75) is 46.0 Å². The Balaban J connectivity index is 2.10. The number of amides is 1. The Kier molecular flexibility index (Phi) is 5.50. The number of rotatable bonds is 6. The number of hydrogen-bond acceptors (Lipinski definition) is 3. The molecular weight excluding hydrogens is 326 g/mol. The number of nitrogens with zero attached hydrogens (tertiary/aromatic N) is 1. The highest BCUT2D eigenvalue weighted by atomic mass is 16.3. The first-order valence-electron chi connectivity index (χ1n) is 9.47. The van der Waals surface area contributed by atoms with Crippen LogP contribution in [0.2, 0.25) is 0 Å². The first-order valence-corrected chi connectivity index (χ1v) is 9.47. The summed E-state index contributed by atoms with van der Waals surface area (Å²) in [5, 5.41) is 21.6. The zero-order valence-corrected chi connectivity index (χ0v) is 15.6. The maximum Gasteiger partial charge on any atom is 0.257 e. The molecule has 138 valence electrons. The van der Waals surface area contributed by atoms with E-state index in [1.54, 1.807) is 11.0 Å². The monoisotopic (exact) mass is 353 g/mol. The van der Waals surface area contributed by atoms with Crippen molar-refractivity contribution >= 4 is 5.91 Å². The van der Waals surface area contributed by atoms with Crippen molar-refractivity contribution in [3.8, 4) is 22.6 Å². The third-order valence-corrected chi connectivity index (χ3v) is 5.08. The number of likely N-dealkylation sites (tertiary alicyclic amines) is 1. The quantitative estimate of drug-likeness (QED) is 0.743. The van der Waals surface area contributed by atoms with E-state index in [0.717, 1.165) is 55.5 Å². The van der Waals surface area contributed by atoms with Gasteiger partial charge in [-0.25, -0.2) is 0 Å². The zero-order valence-electron chi connectivity index (χ0n) is 15.6. The topological polar surface area (TPSA) is 60.8 Å². The number of carbonyl (C=O) groups is 1. The molecule has 4 nitrogen and oxygen atoms in total. The second-order valence-corrected chi connectivity index (χ2v) is 7.13. The molecule has 0 bridgehead atoms. The minimum atomic E-state index is -0.130. The van der Waals surface area contributed by atoms with Crippen LogP contribution in [-0.4, -0.2) is 34.1 Å². The highest BCUT2D eigenvalue weighted by Gasteiger charge is 2.29. The van der Waals surface area contributed by atoms with Gasteiger partial charge in [0.25, 0.3) is 5.91 Å². The Morgan fingerprint density at radius 2 is 1.92 bits per heavy atom. The zero-order chi connectivity index (χ0) is 18.7. The summed E-state index contributed by atoms with van der Waals surface area (Å²) in [6.45, 7) is 5.55. The number of unbranched alkanes of at least 4 members (excludes halogenated alkanes) is 2. The van der Waals surface area contributed by atoms with Gasteiger partial charge in [0.15, 0.2) is 0 Å². The number of phenols is 2. The number of phenolic OH excluding ortho intramolecular Hbond substituents is 2. The Morgan fingerprint density at radius 3 is 2.54 bits per heavy atom. The largest absolute Gasteiger partial charge is 0.507 e. The van der Waals surface area contributed by atoms with Crippen molar-refractivity contribution in [3.05, 3.63) is 47.0 Å². The van der Waals surface area contributed by atoms with E-state index in [4.69, 9.17) is 0 Å². The van der Waals surface area contributed by atoms with E-state index in [2.05, 4.69) is 6.92 Å². The summed E-state index contributed by atoms with van der Waals surface area (Å²) in [7, 11) is 0. The lowest BCUT2D eigenvalue weighted by molar-refractivity contribution is 0.0647. The molecule has 2 aromatic carbocycles. The SMILES string of the molecule is CCCCCc1cc(O)c(-c2cccc(C)c2)c(O)c1C(=O)N1CCC1. The van der Waals surface area contributed by atoms with Crippen molar-refractivity contribution < 1.29 is 15.0 Å². The third kappa shape index (κ3) is 3.55. The molecule has 1 saturated heterocycles. The van der Waals surface area contributed by atoms with Gasteiger partial charge >= 0.3 is 0 Å². The predicted molar refractivity (Wildman–Crippen MR) is 104 cm³/mol. The summed E-state index contributed by atoms with van der Waals surface area (Å²) < 4.78 is 0. The molecule has 3 rings (SSSR count). The first-order chi connectivity index (χ1) is 12.5. The molecular formula is C22H27NO3. The fraction of sp³-hybridized carbons (Fsp3) is 0.409. The molecule has 1 heterocycles. The third-order valence-electron chi connectivity index (χ3n) is 5.08. The minimum Gasteiger partial charge on any atom is -0.507 e. The van der Waals surface area contributed by atoms with Crippen LogP contribution >= 0.6 is 0 Å². The highest BCUT2D eigenvalue weighted by molar-refractivity contribution is 6.02. The van der Waals surface area contributed by atoms with Gasteiger partial charge in [0.2, 0.25) is 0 Å². The molecule has 1 amide bonds. The van der Waals surface area contributed by atoms with Crippen LogP contribution in [0.15, 0.2) is 30.3 Å². The standard InChI is InChI=1S/C22H27NO3/c1-3-4-5-9-17-14-18(24)19(16-10-6-8-15(2)13-16)21(25)20(17)22(26)23-11-7-12-23/h6,8,10,13-14,24-25H,3-5,7,9,11-12H2,1-2H3. The highest BCUT2D eigenvalue weighted by Crippen LogP contribution is 2.43. The predicted octanol–water partition coefficient (Wildman–Crippen LogP) is 4.65. The van der Waals surface area contributed by atoms with E-state index < -0.39 is 0 Å². The smallest absolute Gasteiger partial charge is 0.257 e. The molecule has 1 fully saturated rings. The summed E-state index contributed by atoms with van der Waals surface area (Å²) in [4.78, 5) is 14.7. The first kappa shape index (κ1) is 18.3. The molecule has 1 aliphatic rings. The lowest BCUT2D eigenvalue weighted by Gasteiger charge is -2.32. The molecule has 2 N–H and O–H groups in total. The molecule has 0 radical (unpaired) electrons. The molecule has 0 aromatic heterocycles. The van der Waals surface area contributed by atoms with Crippen LogP contribution < -0.4 is 0 Å². The molecule has 4 heteroatoms. The Morgan fingerprint density at radius 1 is 1.15 bits per heavy atom. The average Bonchev–Trinajstić information content (AvgIpc) is 2.53. The van der Waals surface area contributed by atoms with Crippen LogP contribution in [0.4, 0.5) is 0 Å². The van der Waals surface area contributed by atoms with E-state index in [9.17, 15) is 15.0 Å². The molecule has 0 saturated carbocycles. The normalized spacial score (nSPS) is 13.5. The fourth-order valence-electron chi connectivity index (χ4n) is 3.47. The summed E-state index contributed by atoms with van der Waals surface area (Å²) in [6, 6.07) is 9.26. The van der Waals surface area contributed by atoms with E-state index >= 15 is 0 Å². The second kappa shape index (κ2) is 7.81. The molecule has 0 unspecified atom stereocenters. The summed E-state index contributed by atoms with van der Waals surface area (Å²) >= 11 is 0. The van der Waals surface area contributed by atoms with Crippen LogP contribution in [0.1, 0.15) is 54.1 Å². The lowest BCUT2D eigenvalue weighted by Crippen LogP contribution is -2.42. The van der Waals surface area contributed by atoms with E-state index in [-0.39, 0.29) is 17.4 Å². The van der Waals surface area contributed by atoms with Gasteiger partial charge in [-0.15, -0.1) is 0 Å². The van der Waals surface area contributed by atoms with Crippen LogP contribution in [0.25, 0.3) is 11.1 Å². The van der Waals surface area contributed by atoms with Crippen molar-refractivity contribution in [2.24, 2.45) is 0 Å². The van der Waals surface area contributed by atoms with E-state index in [0.29, 0.717) is 17.5 Å². The van der Waals surface area contributed by atoms with Gasteiger partial charge in [0.1, 0.15) is 11.5 Å². The average molecular weight is 353 g/mol. The molecule has 0 aliphatic carbocycles. The van der Waals surface area contributed by atoms with Crippen molar-refractivity contribution in [2.75, 3.05) is 13.1 Å². The van der Waals surface area contributed by atoms with Crippen molar-refractivity contribution in [1.82, 2.24) is 4.90 Å². The molecule has 0 atom stereocenters. The maximum atomic E-state index is 12.9. The Labute approximate surface area is 155 Å². The fourth-order valence-corrected chi connectivity index (χ4v) is 3.47. The second-order valence-electron chi connectivity index (χ2n) is 7.13. The summed E-state index contributed by atoms with van der Waals surface area (Å²) in [5.74, 6) is -0.201. The van der Waals surface area contributed by atoms with Crippen LogP contribution in [0, 0.1) is 6.92 Å². The molecule has 1 aliphatic heterocycles. The summed E-state index contributed by atoms with van der Waals surface area (Å²) in [5.41, 5.74) is 3.19. The number of aromatic hydroxyl groups is 2. The number of hydrogen-bond donors (Lipinski definition) is 2. The van der Waals surface area contributed by atoms with Gasteiger partial charge in [0.05, 0.1) is 11.1 Å². The summed E-state index contributed by atoms with van der Waals surface area (Å²) in [6.07, 6.45) is 4.74. The van der Waals surface area contributed by atoms with Crippen LogP contribution in [-0.2, 0) is 6.42 Å². The minimum absolute atomic E-state index is 0.0276. The van der Waals surface area contributed by atoms with Crippen LogP contribution in [0.3, 0.4) is 0 Å². The van der Waals surface area contributed by atoms with Gasteiger partial charge in [-0.1, -0.05) is 49.6 Å². The molecule has 26 heavy (non-hydrogen) atoms. The van der Waals surface area contributed by atoms with Gasteiger partial charge in [-0.3, -0.25) is 4.79 Å².